The zero-order valence-electron chi connectivity index (χ0n) is 43.5. The fourth-order valence-electron chi connectivity index (χ4n) is 8.28. The Bertz CT molecular complexity index is 1090. The third-order valence-corrected chi connectivity index (χ3v) is 12.6. The lowest BCUT2D eigenvalue weighted by Crippen LogP contribution is -2.30. The quantitative estimate of drug-likeness (QED) is 0.0262. The molecule has 0 aliphatic heterocycles. The topological polar surface area (TPSA) is 78.9 Å². The Morgan fingerprint density at radius 1 is 0.308 bits per heavy atom. The first-order chi connectivity index (χ1) is 32.0. The minimum Gasteiger partial charge on any atom is -0.462 e. The summed E-state index contributed by atoms with van der Waals surface area (Å²) < 4.78 is 16.9. The second-order valence-corrected chi connectivity index (χ2v) is 19.2. The van der Waals surface area contributed by atoms with Crippen LogP contribution in [0.1, 0.15) is 303 Å². The Kier molecular flexibility index (Phi) is 52.3. The van der Waals surface area contributed by atoms with Gasteiger partial charge in [-0.3, -0.25) is 14.4 Å². The van der Waals surface area contributed by atoms with Crippen LogP contribution in [0.15, 0.2) is 36.5 Å². The second-order valence-electron chi connectivity index (χ2n) is 19.2. The zero-order valence-corrected chi connectivity index (χ0v) is 43.5. The van der Waals surface area contributed by atoms with Crippen LogP contribution in [-0.4, -0.2) is 37.2 Å². The highest BCUT2D eigenvalue weighted by Gasteiger charge is 2.19. The summed E-state index contributed by atoms with van der Waals surface area (Å²) in [6, 6.07) is 0. The molecule has 0 aromatic carbocycles. The average Bonchev–Trinajstić information content (AvgIpc) is 3.30. The van der Waals surface area contributed by atoms with E-state index in [0.29, 0.717) is 19.3 Å². The Hall–Kier alpha value is -2.37. The fourth-order valence-corrected chi connectivity index (χ4v) is 8.28. The van der Waals surface area contributed by atoms with Crippen LogP contribution >= 0.6 is 0 Å². The van der Waals surface area contributed by atoms with Gasteiger partial charge in [-0.25, -0.2) is 0 Å². The molecule has 0 aliphatic carbocycles. The SMILES string of the molecule is CCCC/C=C/C/C=C/CCCCCCCC(=O)OC[C@H](COC(=O)CCCCCCCCC/C=C/CCCCCCCC)OC(=O)CCCCCCCCCCCCCCCCCC. The van der Waals surface area contributed by atoms with Crippen molar-refractivity contribution in [2.75, 3.05) is 13.2 Å². The van der Waals surface area contributed by atoms with E-state index in [4.69, 9.17) is 14.2 Å². The van der Waals surface area contributed by atoms with Gasteiger partial charge in [0.1, 0.15) is 13.2 Å². The molecule has 0 heterocycles. The molecule has 0 spiro atoms. The molecule has 0 saturated heterocycles. The van der Waals surface area contributed by atoms with Gasteiger partial charge < -0.3 is 14.2 Å². The van der Waals surface area contributed by atoms with E-state index in [1.807, 2.05) is 0 Å². The van der Waals surface area contributed by atoms with Gasteiger partial charge in [0.25, 0.3) is 0 Å². The van der Waals surface area contributed by atoms with Gasteiger partial charge in [0.05, 0.1) is 0 Å². The number of carbonyl (C=O) groups is 3. The molecular weight excluding hydrogens is 805 g/mol. The Labute approximate surface area is 404 Å². The lowest BCUT2D eigenvalue weighted by atomic mass is 10.0. The number of rotatable bonds is 52. The van der Waals surface area contributed by atoms with Crippen LogP contribution in [0, 0.1) is 0 Å². The highest BCUT2D eigenvalue weighted by Crippen LogP contribution is 2.16. The van der Waals surface area contributed by atoms with E-state index in [-0.39, 0.29) is 31.1 Å². The maximum absolute atomic E-state index is 12.8. The molecule has 0 amide bonds. The summed E-state index contributed by atoms with van der Waals surface area (Å²) >= 11 is 0. The minimum atomic E-state index is -0.776. The third kappa shape index (κ3) is 52.5. The molecule has 0 rings (SSSR count). The first-order valence-corrected chi connectivity index (χ1v) is 28.5. The summed E-state index contributed by atoms with van der Waals surface area (Å²) in [7, 11) is 0. The lowest BCUT2D eigenvalue weighted by Gasteiger charge is -2.18. The number of hydrogen-bond acceptors (Lipinski definition) is 6. The summed E-state index contributed by atoms with van der Waals surface area (Å²) in [5.41, 5.74) is 0. The van der Waals surface area contributed by atoms with Crippen molar-refractivity contribution in [3.05, 3.63) is 36.5 Å². The van der Waals surface area contributed by atoms with E-state index in [9.17, 15) is 14.4 Å². The number of esters is 3. The largest absolute Gasteiger partial charge is 0.462 e. The van der Waals surface area contributed by atoms with Crippen LogP contribution in [0.2, 0.25) is 0 Å². The first-order valence-electron chi connectivity index (χ1n) is 28.5. The van der Waals surface area contributed by atoms with E-state index in [1.54, 1.807) is 0 Å². The van der Waals surface area contributed by atoms with Gasteiger partial charge in [-0.05, 0) is 70.6 Å². The summed E-state index contributed by atoms with van der Waals surface area (Å²) in [6.45, 7) is 6.62. The van der Waals surface area contributed by atoms with Crippen LogP contribution in [0.5, 0.6) is 0 Å². The smallest absolute Gasteiger partial charge is 0.306 e. The number of unbranched alkanes of at least 4 members (excludes halogenated alkanes) is 35. The molecule has 0 unspecified atom stereocenters. The molecular formula is C59H108O6. The molecule has 0 aromatic heterocycles. The Balaban J connectivity index is 4.36. The van der Waals surface area contributed by atoms with Gasteiger partial charge in [-0.1, -0.05) is 250 Å². The van der Waals surface area contributed by atoms with Gasteiger partial charge in [0.15, 0.2) is 6.10 Å². The van der Waals surface area contributed by atoms with Crippen LogP contribution in [0.3, 0.4) is 0 Å². The molecule has 0 aliphatic rings. The molecule has 0 bridgehead atoms. The van der Waals surface area contributed by atoms with Crippen LogP contribution in [-0.2, 0) is 28.6 Å². The summed E-state index contributed by atoms with van der Waals surface area (Å²) in [6.07, 6.45) is 64.1. The average molecular weight is 914 g/mol. The molecule has 0 aromatic rings. The van der Waals surface area contributed by atoms with Crippen LogP contribution < -0.4 is 0 Å². The fraction of sp³-hybridized carbons (Fsp3) is 0.847. The van der Waals surface area contributed by atoms with Crippen molar-refractivity contribution >= 4 is 17.9 Å². The number of carbonyl (C=O) groups excluding carboxylic acids is 3. The van der Waals surface area contributed by atoms with Crippen LogP contribution in [0.4, 0.5) is 0 Å². The van der Waals surface area contributed by atoms with Crippen molar-refractivity contribution in [1.29, 1.82) is 0 Å². The van der Waals surface area contributed by atoms with E-state index in [1.165, 1.54) is 186 Å². The molecule has 0 saturated carbocycles. The summed E-state index contributed by atoms with van der Waals surface area (Å²) in [4.78, 5) is 38.1. The molecule has 6 nitrogen and oxygen atoms in total. The number of ether oxygens (including phenoxy) is 3. The molecule has 0 N–H and O–H groups in total. The highest BCUT2D eigenvalue weighted by atomic mass is 16.6. The molecule has 6 heteroatoms. The van der Waals surface area contributed by atoms with Crippen molar-refractivity contribution < 1.29 is 28.6 Å². The van der Waals surface area contributed by atoms with E-state index < -0.39 is 6.10 Å². The highest BCUT2D eigenvalue weighted by molar-refractivity contribution is 5.71. The zero-order chi connectivity index (χ0) is 47.2. The van der Waals surface area contributed by atoms with Crippen molar-refractivity contribution in [2.45, 2.75) is 309 Å². The Morgan fingerprint density at radius 2 is 0.569 bits per heavy atom. The normalized spacial score (nSPS) is 12.2. The molecule has 0 fully saturated rings. The standard InChI is InChI=1S/C59H108O6/c1-4-7-10-13-16-19-22-25-28-30-32-34-37-40-43-46-49-52-58(61)64-55-56(54-63-57(60)51-48-45-42-39-36-33-27-24-21-18-15-12-9-6-3)65-59(62)53-50-47-44-41-38-35-31-29-26-23-20-17-14-11-8-5-2/h15,18,24-25,27-28,56H,4-14,16-17,19-23,26,29-55H2,1-3H3/b18-15+,27-24+,28-25+/t56-/m1/s1. The maximum atomic E-state index is 12.8. The maximum Gasteiger partial charge on any atom is 0.306 e. The van der Waals surface area contributed by atoms with Crippen molar-refractivity contribution in [2.24, 2.45) is 0 Å². The predicted octanol–water partition coefficient (Wildman–Crippen LogP) is 18.9. The number of hydrogen-bond donors (Lipinski definition) is 0. The first kappa shape index (κ1) is 62.6. The third-order valence-electron chi connectivity index (χ3n) is 12.6. The lowest BCUT2D eigenvalue weighted by molar-refractivity contribution is -0.167. The molecule has 0 radical (unpaired) electrons. The van der Waals surface area contributed by atoms with E-state index in [0.717, 1.165) is 77.0 Å². The minimum absolute atomic E-state index is 0.0756. The van der Waals surface area contributed by atoms with Gasteiger partial charge in [-0.15, -0.1) is 0 Å². The monoisotopic (exact) mass is 913 g/mol. The molecule has 380 valence electrons. The predicted molar refractivity (Wildman–Crippen MR) is 279 cm³/mol. The summed E-state index contributed by atoms with van der Waals surface area (Å²) in [5.74, 6) is -0.877. The Morgan fingerprint density at radius 3 is 0.908 bits per heavy atom. The number of allylic oxidation sites excluding steroid dienone is 6. The van der Waals surface area contributed by atoms with Gasteiger partial charge in [-0.2, -0.15) is 0 Å². The van der Waals surface area contributed by atoms with Gasteiger partial charge in [0.2, 0.25) is 0 Å². The second kappa shape index (κ2) is 54.2. The van der Waals surface area contributed by atoms with Crippen LogP contribution in [0.25, 0.3) is 0 Å². The van der Waals surface area contributed by atoms with Crippen molar-refractivity contribution in [1.82, 2.24) is 0 Å². The van der Waals surface area contributed by atoms with Crippen molar-refractivity contribution in [3.8, 4) is 0 Å². The summed E-state index contributed by atoms with van der Waals surface area (Å²) in [5, 5.41) is 0. The van der Waals surface area contributed by atoms with E-state index in [2.05, 4.69) is 57.2 Å². The van der Waals surface area contributed by atoms with E-state index >= 15 is 0 Å². The van der Waals surface area contributed by atoms with Crippen molar-refractivity contribution in [3.63, 3.8) is 0 Å². The van der Waals surface area contributed by atoms with Gasteiger partial charge >= 0.3 is 17.9 Å². The van der Waals surface area contributed by atoms with Gasteiger partial charge in [0, 0.05) is 19.3 Å². The molecule has 65 heavy (non-hydrogen) atoms. The molecule has 1 atom stereocenters.